The third kappa shape index (κ3) is 2.69. The molecule has 1 heterocycles. The summed E-state index contributed by atoms with van der Waals surface area (Å²) in [7, 11) is 1.63. The van der Waals surface area contributed by atoms with E-state index in [1.54, 1.807) is 27.0 Å². The lowest BCUT2D eigenvalue weighted by Gasteiger charge is -2.33. The molecule has 90 valence electrons. The zero-order chi connectivity index (χ0) is 12.5. The summed E-state index contributed by atoms with van der Waals surface area (Å²) >= 11 is 12.8. The van der Waals surface area contributed by atoms with Gasteiger partial charge in [-0.3, -0.25) is 4.79 Å². The maximum absolute atomic E-state index is 12.1. The molecule has 1 amide bonds. The molecular formula is C10H13Cl2NO2S. The summed E-state index contributed by atoms with van der Waals surface area (Å²) in [5.74, 6) is -0.243. The van der Waals surface area contributed by atoms with Gasteiger partial charge in [0, 0.05) is 7.05 Å². The summed E-state index contributed by atoms with van der Waals surface area (Å²) in [6.45, 7) is 3.42. The van der Waals surface area contributed by atoms with E-state index >= 15 is 0 Å². The van der Waals surface area contributed by atoms with Gasteiger partial charge in [0.15, 0.2) is 0 Å². The molecule has 1 rings (SSSR count). The molecule has 0 aliphatic heterocycles. The van der Waals surface area contributed by atoms with Crippen LogP contribution in [0.1, 0.15) is 24.2 Å². The number of likely N-dealkylation sites (N-methyl/N-ethyl adjacent to an activating group) is 1. The Labute approximate surface area is 109 Å². The molecule has 0 unspecified atom stereocenters. The first-order chi connectivity index (χ1) is 7.29. The van der Waals surface area contributed by atoms with Crippen molar-refractivity contribution in [3.63, 3.8) is 0 Å². The van der Waals surface area contributed by atoms with Crippen LogP contribution in [0.5, 0.6) is 0 Å². The van der Waals surface area contributed by atoms with E-state index in [0.29, 0.717) is 14.2 Å². The van der Waals surface area contributed by atoms with Crippen LogP contribution < -0.4 is 0 Å². The molecule has 0 saturated heterocycles. The van der Waals surface area contributed by atoms with Crippen molar-refractivity contribution < 1.29 is 9.90 Å². The third-order valence-corrected chi connectivity index (χ3v) is 3.97. The van der Waals surface area contributed by atoms with Crippen LogP contribution in [0.4, 0.5) is 0 Å². The number of carbonyl (C=O) groups is 1. The first-order valence-corrected chi connectivity index (χ1v) is 6.20. The second kappa shape index (κ2) is 4.92. The molecular weight excluding hydrogens is 269 g/mol. The molecule has 3 nitrogen and oxygen atoms in total. The average molecular weight is 282 g/mol. The molecule has 0 saturated carbocycles. The minimum Gasteiger partial charge on any atom is -0.394 e. The number of halogens is 2. The highest BCUT2D eigenvalue weighted by Crippen LogP contribution is 2.32. The van der Waals surface area contributed by atoms with Crippen molar-refractivity contribution in [1.29, 1.82) is 0 Å². The summed E-state index contributed by atoms with van der Waals surface area (Å²) in [6, 6.07) is 1.54. The molecule has 0 spiro atoms. The van der Waals surface area contributed by atoms with Crippen LogP contribution in [-0.4, -0.2) is 35.1 Å². The summed E-state index contributed by atoms with van der Waals surface area (Å²) in [6.07, 6.45) is 0. The fourth-order valence-corrected chi connectivity index (χ4v) is 2.50. The fourth-order valence-electron chi connectivity index (χ4n) is 1.05. The van der Waals surface area contributed by atoms with Gasteiger partial charge in [0.05, 0.1) is 22.0 Å². The Kier molecular flexibility index (Phi) is 4.23. The smallest absolute Gasteiger partial charge is 0.256 e. The Hall–Kier alpha value is -0.290. The normalized spacial score (nSPS) is 11.6. The second-order valence-corrected chi connectivity index (χ2v) is 6.36. The van der Waals surface area contributed by atoms with Gasteiger partial charge in [0.25, 0.3) is 5.91 Å². The number of aliphatic hydroxyl groups excluding tert-OH is 1. The second-order valence-electron chi connectivity index (χ2n) is 4.07. The van der Waals surface area contributed by atoms with Crippen molar-refractivity contribution in [3.8, 4) is 0 Å². The van der Waals surface area contributed by atoms with Gasteiger partial charge in [-0.25, -0.2) is 0 Å². The molecule has 0 fully saturated rings. The summed E-state index contributed by atoms with van der Waals surface area (Å²) in [5.41, 5.74) is -0.254. The predicted molar refractivity (Wildman–Crippen MR) is 67.6 cm³/mol. The number of hydrogen-bond acceptors (Lipinski definition) is 3. The molecule has 1 aromatic rings. The molecule has 6 heteroatoms. The Morgan fingerprint density at radius 2 is 2.12 bits per heavy atom. The molecule has 1 N–H and O–H groups in total. The Balaban J connectivity index is 2.99. The van der Waals surface area contributed by atoms with Gasteiger partial charge >= 0.3 is 0 Å². The summed E-state index contributed by atoms with van der Waals surface area (Å²) in [5, 5.41) is 9.18. The summed E-state index contributed by atoms with van der Waals surface area (Å²) < 4.78 is 0.846. The topological polar surface area (TPSA) is 40.5 Å². The van der Waals surface area contributed by atoms with Gasteiger partial charge in [-0.15, -0.1) is 11.3 Å². The third-order valence-electron chi connectivity index (χ3n) is 2.49. The lowest BCUT2D eigenvalue weighted by atomic mass is 10.0. The largest absolute Gasteiger partial charge is 0.394 e. The van der Waals surface area contributed by atoms with E-state index in [-0.39, 0.29) is 12.5 Å². The van der Waals surface area contributed by atoms with Crippen LogP contribution in [0.25, 0.3) is 0 Å². The Bertz CT molecular complexity index is 404. The molecule has 16 heavy (non-hydrogen) atoms. The van der Waals surface area contributed by atoms with Crippen molar-refractivity contribution in [3.05, 3.63) is 20.3 Å². The van der Waals surface area contributed by atoms with Crippen molar-refractivity contribution in [2.45, 2.75) is 19.4 Å². The quantitative estimate of drug-likeness (QED) is 0.926. The van der Waals surface area contributed by atoms with E-state index in [9.17, 15) is 9.90 Å². The van der Waals surface area contributed by atoms with Crippen molar-refractivity contribution in [1.82, 2.24) is 4.90 Å². The Morgan fingerprint density at radius 1 is 1.56 bits per heavy atom. The molecule has 0 atom stereocenters. The zero-order valence-corrected chi connectivity index (χ0v) is 11.6. The number of rotatable bonds is 3. The summed E-state index contributed by atoms with van der Waals surface area (Å²) in [4.78, 5) is 13.5. The maximum Gasteiger partial charge on any atom is 0.256 e. The van der Waals surface area contributed by atoms with Gasteiger partial charge < -0.3 is 10.0 Å². The highest BCUT2D eigenvalue weighted by Gasteiger charge is 2.29. The van der Waals surface area contributed by atoms with E-state index in [4.69, 9.17) is 23.2 Å². The highest BCUT2D eigenvalue weighted by molar-refractivity contribution is 7.20. The van der Waals surface area contributed by atoms with Gasteiger partial charge in [0.1, 0.15) is 4.34 Å². The molecule has 0 bridgehead atoms. The lowest BCUT2D eigenvalue weighted by molar-refractivity contribution is 0.0474. The average Bonchev–Trinajstić information content (AvgIpc) is 2.55. The molecule has 0 aliphatic rings. The van der Waals surface area contributed by atoms with Crippen LogP contribution in [0.3, 0.4) is 0 Å². The van der Waals surface area contributed by atoms with Crippen LogP contribution in [0, 0.1) is 0 Å². The van der Waals surface area contributed by atoms with Crippen LogP contribution in [-0.2, 0) is 0 Å². The van der Waals surface area contributed by atoms with E-state index < -0.39 is 5.54 Å². The van der Waals surface area contributed by atoms with Crippen LogP contribution >= 0.6 is 34.5 Å². The molecule has 0 aliphatic carbocycles. The zero-order valence-electron chi connectivity index (χ0n) is 9.25. The SMILES string of the molecule is CN(C(=O)c1cc(Cl)sc1Cl)C(C)(C)CO. The van der Waals surface area contributed by atoms with Gasteiger partial charge in [0.2, 0.25) is 0 Å². The Morgan fingerprint density at radius 3 is 2.50 bits per heavy atom. The number of nitrogens with zero attached hydrogens (tertiary/aromatic N) is 1. The van der Waals surface area contributed by atoms with Gasteiger partial charge in [-0.05, 0) is 19.9 Å². The molecule has 1 aromatic heterocycles. The van der Waals surface area contributed by atoms with Crippen LogP contribution in [0.15, 0.2) is 6.07 Å². The maximum atomic E-state index is 12.1. The van der Waals surface area contributed by atoms with E-state index in [1.165, 1.54) is 4.90 Å². The predicted octanol–water partition coefficient (Wildman–Crippen LogP) is 2.90. The van der Waals surface area contributed by atoms with E-state index in [2.05, 4.69) is 0 Å². The fraction of sp³-hybridized carbons (Fsp3) is 0.500. The minimum atomic E-state index is -0.630. The first-order valence-electron chi connectivity index (χ1n) is 4.63. The minimum absolute atomic E-state index is 0.120. The van der Waals surface area contributed by atoms with Crippen LogP contribution in [0.2, 0.25) is 8.67 Å². The van der Waals surface area contributed by atoms with Crippen molar-refractivity contribution in [2.75, 3.05) is 13.7 Å². The van der Waals surface area contributed by atoms with Crippen molar-refractivity contribution in [2.24, 2.45) is 0 Å². The first kappa shape index (κ1) is 13.8. The highest BCUT2D eigenvalue weighted by atomic mass is 35.5. The number of amides is 1. The van der Waals surface area contributed by atoms with E-state index in [0.717, 1.165) is 11.3 Å². The van der Waals surface area contributed by atoms with Crippen molar-refractivity contribution >= 4 is 40.4 Å². The molecule has 0 radical (unpaired) electrons. The lowest BCUT2D eigenvalue weighted by Crippen LogP contribution is -2.47. The van der Waals surface area contributed by atoms with E-state index in [1.807, 2.05) is 0 Å². The number of carbonyl (C=O) groups excluding carboxylic acids is 1. The molecule has 0 aromatic carbocycles. The number of aliphatic hydroxyl groups is 1. The number of hydrogen-bond donors (Lipinski definition) is 1. The number of thiophene rings is 1. The monoisotopic (exact) mass is 281 g/mol. The standard InChI is InChI=1S/C10H13Cl2NO2S/c1-10(2,5-14)13(3)9(15)6-4-7(11)16-8(6)12/h4,14H,5H2,1-3H3. The van der Waals surface area contributed by atoms with Gasteiger partial charge in [-0.2, -0.15) is 0 Å². The van der Waals surface area contributed by atoms with Gasteiger partial charge in [-0.1, -0.05) is 23.2 Å².